The number of esters is 1. The van der Waals surface area contributed by atoms with Gasteiger partial charge in [-0.05, 0) is 30.7 Å². The average Bonchev–Trinajstić information content (AvgIpc) is 2.54. The third-order valence-corrected chi connectivity index (χ3v) is 3.54. The zero-order valence-corrected chi connectivity index (χ0v) is 13.3. The number of hydrogen-bond acceptors (Lipinski definition) is 5. The minimum absolute atomic E-state index is 0.0464. The molecule has 1 aromatic carbocycles. The van der Waals surface area contributed by atoms with Gasteiger partial charge in [-0.15, -0.1) is 0 Å². The molecule has 5 nitrogen and oxygen atoms in total. The molecule has 1 heterocycles. The van der Waals surface area contributed by atoms with E-state index in [1.54, 1.807) is 12.1 Å². The van der Waals surface area contributed by atoms with Gasteiger partial charge in [-0.25, -0.2) is 4.79 Å². The van der Waals surface area contributed by atoms with Gasteiger partial charge in [0.2, 0.25) is 5.88 Å². The molecule has 0 fully saturated rings. The number of hydrogen-bond donors (Lipinski definition) is 1. The molecule has 116 valence electrons. The number of aromatic nitrogens is 1. The Balaban J connectivity index is 2.23. The van der Waals surface area contributed by atoms with Crippen molar-refractivity contribution in [1.82, 2.24) is 4.98 Å². The number of pyridine rings is 1. The van der Waals surface area contributed by atoms with Crippen molar-refractivity contribution in [2.45, 2.75) is 13.0 Å². The Labute approximate surface area is 134 Å². The van der Waals surface area contributed by atoms with Gasteiger partial charge in [-0.2, -0.15) is 4.98 Å². The molecule has 2 aromatic rings. The number of ether oxygens (including phenoxy) is 2. The van der Waals surface area contributed by atoms with E-state index in [9.17, 15) is 4.79 Å². The Bertz CT molecular complexity index is 676. The van der Waals surface area contributed by atoms with Crippen molar-refractivity contribution in [3.05, 3.63) is 52.5 Å². The maximum Gasteiger partial charge on any atom is 0.343 e. The molecule has 0 amide bonds. The molecule has 6 heteroatoms. The lowest BCUT2D eigenvalue weighted by Crippen LogP contribution is -2.11. The van der Waals surface area contributed by atoms with Crippen LogP contribution in [0.1, 0.15) is 28.9 Å². The average molecular weight is 321 g/mol. The van der Waals surface area contributed by atoms with Crippen LogP contribution >= 0.6 is 11.6 Å². The first-order valence-corrected chi connectivity index (χ1v) is 7.09. The van der Waals surface area contributed by atoms with Crippen LogP contribution in [0.2, 0.25) is 5.02 Å². The van der Waals surface area contributed by atoms with Crippen molar-refractivity contribution in [2.75, 3.05) is 19.5 Å². The van der Waals surface area contributed by atoms with Gasteiger partial charge in [0.25, 0.3) is 0 Å². The summed E-state index contributed by atoms with van der Waals surface area (Å²) in [5, 5.41) is 3.91. The summed E-state index contributed by atoms with van der Waals surface area (Å²) >= 11 is 6.18. The Morgan fingerprint density at radius 2 is 1.95 bits per heavy atom. The molecular weight excluding hydrogens is 304 g/mol. The third kappa shape index (κ3) is 3.49. The van der Waals surface area contributed by atoms with Crippen LogP contribution in [0.5, 0.6) is 5.88 Å². The van der Waals surface area contributed by atoms with Crippen LogP contribution in [0, 0.1) is 0 Å². The quantitative estimate of drug-likeness (QED) is 0.851. The van der Waals surface area contributed by atoms with Crippen LogP contribution < -0.4 is 10.1 Å². The fourth-order valence-electron chi connectivity index (χ4n) is 2.07. The molecule has 0 aliphatic heterocycles. The van der Waals surface area contributed by atoms with E-state index in [4.69, 9.17) is 16.3 Å². The molecule has 0 bridgehead atoms. The normalized spacial score (nSPS) is 11.6. The lowest BCUT2D eigenvalue weighted by Gasteiger charge is -2.17. The van der Waals surface area contributed by atoms with Crippen molar-refractivity contribution < 1.29 is 14.3 Å². The Kier molecular flexibility index (Phi) is 5.22. The van der Waals surface area contributed by atoms with Gasteiger partial charge in [0, 0.05) is 5.02 Å². The van der Waals surface area contributed by atoms with E-state index in [2.05, 4.69) is 15.0 Å². The zero-order valence-electron chi connectivity index (χ0n) is 12.6. The molecule has 0 saturated carbocycles. The summed E-state index contributed by atoms with van der Waals surface area (Å²) in [6.07, 6.45) is 0. The van der Waals surface area contributed by atoms with Crippen LogP contribution in [0.25, 0.3) is 0 Å². The molecule has 1 aromatic heterocycles. The van der Waals surface area contributed by atoms with E-state index in [0.717, 1.165) is 5.56 Å². The molecular formula is C16H17ClN2O3. The van der Waals surface area contributed by atoms with Gasteiger partial charge < -0.3 is 14.8 Å². The number of methoxy groups -OCH3 is 2. The molecule has 0 spiro atoms. The fraction of sp³-hybridized carbons (Fsp3) is 0.250. The number of halogens is 1. The zero-order chi connectivity index (χ0) is 16.1. The fourth-order valence-corrected chi connectivity index (χ4v) is 2.37. The third-order valence-electron chi connectivity index (χ3n) is 3.20. The van der Waals surface area contributed by atoms with Gasteiger partial charge in [-0.1, -0.05) is 29.8 Å². The van der Waals surface area contributed by atoms with Gasteiger partial charge >= 0.3 is 5.97 Å². The smallest absolute Gasteiger partial charge is 0.343 e. The lowest BCUT2D eigenvalue weighted by molar-refractivity contribution is 0.0596. The summed E-state index contributed by atoms with van der Waals surface area (Å²) in [7, 11) is 2.77. The predicted octanol–water partition coefficient (Wildman–Crippen LogP) is 3.70. The van der Waals surface area contributed by atoms with Gasteiger partial charge in [0.15, 0.2) is 0 Å². The number of nitrogens with zero attached hydrogens (tertiary/aromatic N) is 1. The second kappa shape index (κ2) is 7.13. The van der Waals surface area contributed by atoms with Crippen LogP contribution in [-0.4, -0.2) is 25.2 Å². The molecule has 0 aliphatic rings. The van der Waals surface area contributed by atoms with E-state index in [1.807, 2.05) is 31.2 Å². The highest BCUT2D eigenvalue weighted by Gasteiger charge is 2.16. The molecule has 0 saturated heterocycles. The highest BCUT2D eigenvalue weighted by molar-refractivity contribution is 6.31. The van der Waals surface area contributed by atoms with E-state index in [0.29, 0.717) is 10.8 Å². The summed E-state index contributed by atoms with van der Waals surface area (Å²) < 4.78 is 9.83. The topological polar surface area (TPSA) is 60.5 Å². The van der Waals surface area contributed by atoms with E-state index in [-0.39, 0.29) is 17.5 Å². The molecule has 1 N–H and O–H groups in total. The summed E-state index contributed by atoms with van der Waals surface area (Å²) in [5.74, 6) is 0.301. The Morgan fingerprint density at radius 1 is 1.23 bits per heavy atom. The van der Waals surface area contributed by atoms with Crippen LogP contribution in [0.15, 0.2) is 36.4 Å². The summed E-state index contributed by atoms with van der Waals surface area (Å²) in [4.78, 5) is 15.9. The maximum atomic E-state index is 11.6. The first-order valence-electron chi connectivity index (χ1n) is 6.71. The Morgan fingerprint density at radius 3 is 2.59 bits per heavy atom. The number of benzene rings is 1. The maximum absolute atomic E-state index is 11.6. The summed E-state index contributed by atoms with van der Waals surface area (Å²) in [6, 6.07) is 10.8. The first kappa shape index (κ1) is 16.1. The number of carbonyl (C=O) groups is 1. The predicted molar refractivity (Wildman–Crippen MR) is 85.6 cm³/mol. The monoisotopic (exact) mass is 320 g/mol. The number of nitrogens with one attached hydrogen (secondary N) is 1. The second-order valence-corrected chi connectivity index (χ2v) is 5.04. The number of carbonyl (C=O) groups excluding carboxylic acids is 1. The van der Waals surface area contributed by atoms with E-state index < -0.39 is 5.97 Å². The van der Waals surface area contributed by atoms with Gasteiger partial charge in [0.05, 0.1) is 20.3 Å². The van der Waals surface area contributed by atoms with Crippen LogP contribution in [0.3, 0.4) is 0 Å². The van der Waals surface area contributed by atoms with Crippen molar-refractivity contribution in [3.63, 3.8) is 0 Å². The van der Waals surface area contributed by atoms with Crippen LogP contribution in [0.4, 0.5) is 5.82 Å². The highest BCUT2D eigenvalue weighted by atomic mass is 35.5. The van der Waals surface area contributed by atoms with Gasteiger partial charge in [0.1, 0.15) is 11.4 Å². The van der Waals surface area contributed by atoms with Crippen LogP contribution in [-0.2, 0) is 4.74 Å². The second-order valence-electron chi connectivity index (χ2n) is 4.63. The minimum atomic E-state index is -0.491. The molecule has 1 unspecified atom stereocenters. The standard InChI is InChI=1S/C16H17ClN2O3/c1-10(11-6-4-5-7-13(11)17)18-14-9-8-12(16(20)22-3)15(19-14)21-2/h4-10H,1-3H3,(H,18,19). The summed E-state index contributed by atoms with van der Waals surface area (Å²) in [5.41, 5.74) is 1.24. The summed E-state index contributed by atoms with van der Waals surface area (Å²) in [6.45, 7) is 1.98. The largest absolute Gasteiger partial charge is 0.480 e. The van der Waals surface area contributed by atoms with Crippen molar-refractivity contribution >= 4 is 23.4 Å². The van der Waals surface area contributed by atoms with Crippen molar-refractivity contribution in [2.24, 2.45) is 0 Å². The Hall–Kier alpha value is -2.27. The highest BCUT2D eigenvalue weighted by Crippen LogP contribution is 2.26. The number of anilines is 1. The molecule has 2 rings (SSSR count). The number of rotatable bonds is 5. The molecule has 0 aliphatic carbocycles. The molecule has 1 atom stereocenters. The molecule has 0 radical (unpaired) electrons. The first-order chi connectivity index (χ1) is 10.6. The van der Waals surface area contributed by atoms with E-state index >= 15 is 0 Å². The van der Waals surface area contributed by atoms with Gasteiger partial charge in [-0.3, -0.25) is 0 Å². The lowest BCUT2D eigenvalue weighted by atomic mass is 10.1. The van der Waals surface area contributed by atoms with Crippen molar-refractivity contribution in [3.8, 4) is 5.88 Å². The minimum Gasteiger partial charge on any atom is -0.480 e. The van der Waals surface area contributed by atoms with Crippen molar-refractivity contribution in [1.29, 1.82) is 0 Å². The SMILES string of the molecule is COC(=O)c1ccc(NC(C)c2ccccc2Cl)nc1OC. The van der Waals surface area contributed by atoms with E-state index in [1.165, 1.54) is 14.2 Å². The molecule has 22 heavy (non-hydrogen) atoms.